The van der Waals surface area contributed by atoms with Crippen molar-refractivity contribution >= 4 is 45.3 Å². The summed E-state index contributed by atoms with van der Waals surface area (Å²) in [5, 5.41) is 7.44. The van der Waals surface area contributed by atoms with Gasteiger partial charge < -0.3 is 15.0 Å². The fourth-order valence-electron chi connectivity index (χ4n) is 4.62. The van der Waals surface area contributed by atoms with Crippen molar-refractivity contribution in [2.24, 2.45) is 0 Å². The van der Waals surface area contributed by atoms with Crippen LogP contribution in [0.25, 0.3) is 10.8 Å². The Kier molecular flexibility index (Phi) is 7.13. The molecule has 4 aromatic rings. The number of nitrogens with zero attached hydrogens (tertiary/aromatic N) is 1. The number of hydrogen-bond donors (Lipinski definition) is 1. The van der Waals surface area contributed by atoms with Crippen LogP contribution in [0.4, 0.5) is 11.4 Å². The Morgan fingerprint density at radius 1 is 0.824 bits per heavy atom. The van der Waals surface area contributed by atoms with E-state index in [0.29, 0.717) is 18.2 Å². The Bertz CT molecular complexity index is 1280. The van der Waals surface area contributed by atoms with E-state index >= 15 is 0 Å². The molecule has 0 saturated carbocycles. The van der Waals surface area contributed by atoms with Crippen LogP contribution in [-0.2, 0) is 13.2 Å². The molecule has 1 fully saturated rings. The molecule has 34 heavy (non-hydrogen) atoms. The van der Waals surface area contributed by atoms with Crippen molar-refractivity contribution in [3.05, 3.63) is 100 Å². The molecule has 0 aliphatic carbocycles. The van der Waals surface area contributed by atoms with Gasteiger partial charge in [0.25, 0.3) is 0 Å². The number of fused-ring (bicyclic) bond motifs is 1. The lowest BCUT2D eigenvalue weighted by molar-refractivity contribution is 0.304. The van der Waals surface area contributed by atoms with Crippen LogP contribution >= 0.6 is 23.2 Å². The maximum absolute atomic E-state index is 6.68. The summed E-state index contributed by atoms with van der Waals surface area (Å²) in [6.07, 6.45) is 3.77. The minimum Gasteiger partial charge on any atom is -0.489 e. The molecule has 0 amide bonds. The lowest BCUT2D eigenvalue weighted by Crippen LogP contribution is -2.29. The highest BCUT2D eigenvalue weighted by atomic mass is 35.5. The van der Waals surface area contributed by atoms with Crippen molar-refractivity contribution in [3.63, 3.8) is 0 Å². The molecule has 0 aromatic heterocycles. The molecule has 4 aromatic carbocycles. The predicted molar refractivity (Wildman–Crippen MR) is 145 cm³/mol. The summed E-state index contributed by atoms with van der Waals surface area (Å²) in [5.41, 5.74) is 4.29. The highest BCUT2D eigenvalue weighted by Crippen LogP contribution is 2.33. The van der Waals surface area contributed by atoms with Gasteiger partial charge in [0.05, 0.1) is 10.7 Å². The van der Waals surface area contributed by atoms with E-state index in [1.54, 1.807) is 0 Å². The van der Waals surface area contributed by atoms with Crippen molar-refractivity contribution in [2.45, 2.75) is 32.4 Å². The second kappa shape index (κ2) is 10.6. The van der Waals surface area contributed by atoms with E-state index in [1.165, 1.54) is 30.0 Å². The second-order valence-electron chi connectivity index (χ2n) is 8.75. The largest absolute Gasteiger partial charge is 0.489 e. The highest BCUT2D eigenvalue weighted by molar-refractivity contribution is 6.33. The number of anilines is 2. The van der Waals surface area contributed by atoms with Crippen LogP contribution < -0.4 is 15.0 Å². The SMILES string of the molecule is Clc1cccc(COc2ccc3ccccc3c2CNc2ccc(N3CCCCC3)c(Cl)c2)c1. The number of benzene rings is 4. The Morgan fingerprint density at radius 2 is 1.68 bits per heavy atom. The van der Waals surface area contributed by atoms with Crippen LogP contribution in [0.2, 0.25) is 10.0 Å². The van der Waals surface area contributed by atoms with Crippen LogP contribution in [0.5, 0.6) is 5.75 Å². The average molecular weight is 491 g/mol. The molecule has 174 valence electrons. The lowest BCUT2D eigenvalue weighted by Gasteiger charge is -2.29. The van der Waals surface area contributed by atoms with Gasteiger partial charge in [-0.1, -0.05) is 65.7 Å². The third-order valence-electron chi connectivity index (χ3n) is 6.39. The van der Waals surface area contributed by atoms with E-state index in [9.17, 15) is 0 Å². The van der Waals surface area contributed by atoms with Gasteiger partial charge in [0.1, 0.15) is 12.4 Å². The molecule has 0 unspecified atom stereocenters. The van der Waals surface area contributed by atoms with Crippen molar-refractivity contribution in [3.8, 4) is 5.75 Å². The molecule has 1 saturated heterocycles. The van der Waals surface area contributed by atoms with Crippen molar-refractivity contribution in [2.75, 3.05) is 23.3 Å². The quantitative estimate of drug-likeness (QED) is 0.281. The van der Waals surface area contributed by atoms with Gasteiger partial charge in [0.2, 0.25) is 0 Å². The first-order valence-corrected chi connectivity index (χ1v) is 12.6. The third-order valence-corrected chi connectivity index (χ3v) is 6.93. The van der Waals surface area contributed by atoms with E-state index in [2.05, 4.69) is 58.7 Å². The second-order valence-corrected chi connectivity index (χ2v) is 9.59. The molecule has 1 aliphatic rings. The summed E-state index contributed by atoms with van der Waals surface area (Å²) in [6, 6.07) is 26.6. The molecule has 1 N–H and O–H groups in total. The molecule has 1 heterocycles. The van der Waals surface area contributed by atoms with Gasteiger partial charge >= 0.3 is 0 Å². The molecule has 0 bridgehead atoms. The topological polar surface area (TPSA) is 24.5 Å². The molecule has 5 rings (SSSR count). The molecular formula is C29H28Cl2N2O. The fraction of sp³-hybridized carbons (Fsp3) is 0.241. The molecular weight excluding hydrogens is 463 g/mol. The van der Waals surface area contributed by atoms with Crippen molar-refractivity contribution < 1.29 is 4.74 Å². The normalized spacial score (nSPS) is 13.8. The number of ether oxygens (including phenoxy) is 1. The van der Waals surface area contributed by atoms with E-state index < -0.39 is 0 Å². The summed E-state index contributed by atoms with van der Waals surface area (Å²) in [6.45, 7) is 3.25. The summed E-state index contributed by atoms with van der Waals surface area (Å²) < 4.78 is 6.27. The number of rotatable bonds is 7. The number of halogens is 2. The standard InChI is InChI=1S/C29H28Cl2N2O/c30-23-9-6-7-21(17-23)20-34-29-14-11-22-8-2-3-10-25(22)26(29)19-32-24-12-13-28(27(31)18-24)33-15-4-1-5-16-33/h2-3,6-14,17-18,32H,1,4-5,15-16,19-20H2. The molecule has 0 spiro atoms. The first-order valence-electron chi connectivity index (χ1n) is 11.8. The summed E-state index contributed by atoms with van der Waals surface area (Å²) in [5.74, 6) is 0.863. The first-order chi connectivity index (χ1) is 16.7. The first kappa shape index (κ1) is 22.9. The average Bonchev–Trinajstić information content (AvgIpc) is 2.87. The van der Waals surface area contributed by atoms with Gasteiger partial charge in [-0.2, -0.15) is 0 Å². The van der Waals surface area contributed by atoms with Gasteiger partial charge in [-0.3, -0.25) is 0 Å². The molecule has 3 nitrogen and oxygen atoms in total. The Balaban J connectivity index is 1.37. The van der Waals surface area contributed by atoms with Crippen LogP contribution in [0.3, 0.4) is 0 Å². The maximum Gasteiger partial charge on any atom is 0.125 e. The Labute approximate surface area is 211 Å². The maximum atomic E-state index is 6.68. The molecule has 1 aliphatic heterocycles. The molecule has 0 atom stereocenters. The zero-order chi connectivity index (χ0) is 23.3. The van der Waals surface area contributed by atoms with Crippen LogP contribution in [0, 0.1) is 0 Å². The van der Waals surface area contributed by atoms with Crippen molar-refractivity contribution in [1.29, 1.82) is 0 Å². The Morgan fingerprint density at radius 3 is 2.50 bits per heavy atom. The van der Waals surface area contributed by atoms with Gasteiger partial charge in [0.15, 0.2) is 0 Å². The predicted octanol–water partition coefficient (Wildman–Crippen LogP) is 8.33. The van der Waals surface area contributed by atoms with E-state index in [1.807, 2.05) is 30.3 Å². The molecule has 0 radical (unpaired) electrons. The zero-order valence-electron chi connectivity index (χ0n) is 19.1. The summed E-state index contributed by atoms with van der Waals surface area (Å²) in [4.78, 5) is 2.39. The van der Waals surface area contributed by atoms with Gasteiger partial charge in [0, 0.05) is 35.9 Å². The zero-order valence-corrected chi connectivity index (χ0v) is 20.6. The van der Waals surface area contributed by atoms with Gasteiger partial charge in [-0.15, -0.1) is 0 Å². The van der Waals surface area contributed by atoms with E-state index in [0.717, 1.165) is 46.4 Å². The monoisotopic (exact) mass is 490 g/mol. The lowest BCUT2D eigenvalue weighted by atomic mass is 10.0. The summed E-state index contributed by atoms with van der Waals surface area (Å²) in [7, 11) is 0. The number of nitrogens with one attached hydrogen (secondary N) is 1. The van der Waals surface area contributed by atoms with Crippen LogP contribution in [0.15, 0.2) is 78.9 Å². The fourth-order valence-corrected chi connectivity index (χ4v) is 5.13. The van der Waals surface area contributed by atoms with E-state index in [4.69, 9.17) is 27.9 Å². The molecule has 5 heteroatoms. The van der Waals surface area contributed by atoms with Gasteiger partial charge in [-0.05, 0) is 72.0 Å². The smallest absolute Gasteiger partial charge is 0.125 e. The minimum absolute atomic E-state index is 0.461. The van der Waals surface area contributed by atoms with Gasteiger partial charge in [-0.25, -0.2) is 0 Å². The minimum atomic E-state index is 0.461. The highest BCUT2D eigenvalue weighted by Gasteiger charge is 2.15. The number of hydrogen-bond acceptors (Lipinski definition) is 3. The third kappa shape index (κ3) is 5.27. The van der Waals surface area contributed by atoms with Crippen molar-refractivity contribution in [1.82, 2.24) is 0 Å². The summed E-state index contributed by atoms with van der Waals surface area (Å²) >= 11 is 12.8. The number of piperidine rings is 1. The van der Waals surface area contributed by atoms with E-state index in [-0.39, 0.29) is 0 Å². The Hall–Kier alpha value is -2.88. The van der Waals surface area contributed by atoms with Crippen LogP contribution in [-0.4, -0.2) is 13.1 Å². The van der Waals surface area contributed by atoms with Crippen LogP contribution in [0.1, 0.15) is 30.4 Å².